The van der Waals surface area contributed by atoms with E-state index in [2.05, 4.69) is 4.98 Å². The fourth-order valence-corrected chi connectivity index (χ4v) is 2.25. The maximum absolute atomic E-state index is 10.8. The summed E-state index contributed by atoms with van der Waals surface area (Å²) < 4.78 is 7.35. The molecule has 0 atom stereocenters. The number of nitro groups is 1. The third-order valence-electron chi connectivity index (χ3n) is 2.41. The van der Waals surface area contributed by atoms with E-state index >= 15 is 0 Å². The summed E-state index contributed by atoms with van der Waals surface area (Å²) in [5.41, 5.74) is -0.00973. The Bertz CT molecular complexity index is 571. The molecule has 6 nitrogen and oxygen atoms in total. The van der Waals surface area contributed by atoms with Gasteiger partial charge in [0.1, 0.15) is 0 Å². The Morgan fingerprint density at radius 2 is 2.26 bits per heavy atom. The quantitative estimate of drug-likeness (QED) is 0.351. The molecule has 19 heavy (non-hydrogen) atoms. The molecular formula is C12H13N3O3S. The van der Waals surface area contributed by atoms with Crippen LogP contribution < -0.4 is 4.74 Å². The molecule has 0 aliphatic carbocycles. The second kappa shape index (κ2) is 6.24. The molecule has 0 unspecified atom stereocenters. The van der Waals surface area contributed by atoms with Gasteiger partial charge >= 0.3 is 5.69 Å². The van der Waals surface area contributed by atoms with Gasteiger partial charge in [0.2, 0.25) is 0 Å². The lowest BCUT2D eigenvalue weighted by Gasteiger charge is -2.06. The van der Waals surface area contributed by atoms with Crippen molar-refractivity contribution in [1.29, 1.82) is 0 Å². The minimum absolute atomic E-state index is 0.00973. The Kier molecular flexibility index (Phi) is 4.40. The van der Waals surface area contributed by atoms with Crippen molar-refractivity contribution < 1.29 is 9.66 Å². The van der Waals surface area contributed by atoms with Crippen molar-refractivity contribution in [3.63, 3.8) is 0 Å². The molecular weight excluding hydrogens is 266 g/mol. The Morgan fingerprint density at radius 1 is 1.47 bits per heavy atom. The number of imidazole rings is 1. The van der Waals surface area contributed by atoms with Crippen LogP contribution in [0.25, 0.3) is 0 Å². The number of ether oxygens (including phenoxy) is 1. The Hall–Kier alpha value is -2.02. The molecule has 7 heteroatoms. The van der Waals surface area contributed by atoms with Crippen molar-refractivity contribution in [2.75, 3.05) is 12.4 Å². The van der Waals surface area contributed by atoms with Crippen LogP contribution in [0.4, 0.5) is 5.69 Å². The van der Waals surface area contributed by atoms with Gasteiger partial charge in [-0.05, 0) is 6.07 Å². The van der Waals surface area contributed by atoms with E-state index in [1.54, 1.807) is 36.2 Å². The lowest BCUT2D eigenvalue weighted by molar-refractivity contribution is -0.385. The summed E-state index contributed by atoms with van der Waals surface area (Å²) in [5.74, 6) is 0.977. The highest BCUT2D eigenvalue weighted by Crippen LogP contribution is 2.26. The first-order valence-corrected chi connectivity index (χ1v) is 6.63. The number of rotatable bonds is 6. The molecule has 0 N–H and O–H groups in total. The normalized spacial score (nSPS) is 10.4. The molecule has 0 aliphatic rings. The van der Waals surface area contributed by atoms with Gasteiger partial charge in [0.15, 0.2) is 10.9 Å². The van der Waals surface area contributed by atoms with E-state index in [0.717, 1.165) is 5.16 Å². The maximum atomic E-state index is 10.8. The van der Waals surface area contributed by atoms with E-state index in [9.17, 15) is 10.1 Å². The van der Waals surface area contributed by atoms with Gasteiger partial charge < -0.3 is 9.30 Å². The third-order valence-corrected chi connectivity index (χ3v) is 3.43. The molecule has 100 valence electrons. The van der Waals surface area contributed by atoms with E-state index in [1.807, 2.05) is 17.8 Å². The van der Waals surface area contributed by atoms with Gasteiger partial charge in [0, 0.05) is 31.3 Å². The first-order valence-electron chi connectivity index (χ1n) is 5.65. The lowest BCUT2D eigenvalue weighted by Crippen LogP contribution is -2.03. The summed E-state index contributed by atoms with van der Waals surface area (Å²) in [7, 11) is 1.91. The predicted molar refractivity (Wildman–Crippen MR) is 72.5 cm³/mol. The van der Waals surface area contributed by atoms with Crippen LogP contribution in [-0.2, 0) is 7.05 Å². The Labute approximate surface area is 114 Å². The van der Waals surface area contributed by atoms with Crippen molar-refractivity contribution in [3.05, 3.63) is 46.8 Å². The zero-order valence-electron chi connectivity index (χ0n) is 10.4. The van der Waals surface area contributed by atoms with Gasteiger partial charge in [0.05, 0.1) is 11.5 Å². The average Bonchev–Trinajstić information content (AvgIpc) is 2.80. The molecule has 2 rings (SSSR count). The highest BCUT2D eigenvalue weighted by molar-refractivity contribution is 7.99. The van der Waals surface area contributed by atoms with Gasteiger partial charge in [-0.2, -0.15) is 0 Å². The molecule has 0 fully saturated rings. The molecule has 0 bridgehead atoms. The van der Waals surface area contributed by atoms with Crippen LogP contribution in [0.15, 0.2) is 41.8 Å². The fraction of sp³-hybridized carbons (Fsp3) is 0.250. The highest BCUT2D eigenvalue weighted by atomic mass is 32.2. The van der Waals surface area contributed by atoms with Gasteiger partial charge in [-0.1, -0.05) is 23.9 Å². The minimum Gasteiger partial charge on any atom is -0.486 e. The first-order chi connectivity index (χ1) is 9.18. The second-order valence-electron chi connectivity index (χ2n) is 3.74. The van der Waals surface area contributed by atoms with Gasteiger partial charge in [0.25, 0.3) is 0 Å². The number of hydrogen-bond donors (Lipinski definition) is 0. The molecule has 0 spiro atoms. The lowest BCUT2D eigenvalue weighted by atomic mass is 10.3. The summed E-state index contributed by atoms with van der Waals surface area (Å²) in [5, 5.41) is 11.7. The van der Waals surface area contributed by atoms with E-state index < -0.39 is 4.92 Å². The smallest absolute Gasteiger partial charge is 0.310 e. The number of aromatic nitrogens is 2. The van der Waals surface area contributed by atoms with Crippen molar-refractivity contribution in [2.24, 2.45) is 7.05 Å². The number of nitrogens with zero attached hydrogens (tertiary/aromatic N) is 3. The summed E-state index contributed by atoms with van der Waals surface area (Å²) in [6, 6.07) is 6.37. The zero-order valence-corrected chi connectivity index (χ0v) is 11.2. The topological polar surface area (TPSA) is 70.2 Å². The van der Waals surface area contributed by atoms with Crippen LogP contribution in [-0.4, -0.2) is 26.8 Å². The molecule has 0 saturated heterocycles. The molecule has 1 aromatic heterocycles. The van der Waals surface area contributed by atoms with Gasteiger partial charge in [-0.3, -0.25) is 10.1 Å². The molecule has 1 aromatic carbocycles. The summed E-state index contributed by atoms with van der Waals surface area (Å²) >= 11 is 1.54. The second-order valence-corrected chi connectivity index (χ2v) is 4.80. The van der Waals surface area contributed by atoms with Crippen molar-refractivity contribution in [3.8, 4) is 5.75 Å². The monoisotopic (exact) mass is 279 g/mol. The van der Waals surface area contributed by atoms with E-state index in [4.69, 9.17) is 4.74 Å². The fourth-order valence-electron chi connectivity index (χ4n) is 1.51. The van der Waals surface area contributed by atoms with Crippen LogP contribution >= 0.6 is 11.8 Å². The van der Waals surface area contributed by atoms with Crippen LogP contribution in [0.2, 0.25) is 0 Å². The predicted octanol–water partition coefficient (Wildman–Crippen LogP) is 2.50. The molecule has 0 saturated carbocycles. The van der Waals surface area contributed by atoms with E-state index in [-0.39, 0.29) is 5.69 Å². The Morgan fingerprint density at radius 3 is 2.95 bits per heavy atom. The Balaban J connectivity index is 1.86. The molecule has 0 radical (unpaired) electrons. The number of nitro benzene ring substituents is 1. The average molecular weight is 279 g/mol. The first kappa shape index (κ1) is 13.4. The van der Waals surface area contributed by atoms with Gasteiger partial charge in [-0.25, -0.2) is 4.98 Å². The van der Waals surface area contributed by atoms with Crippen molar-refractivity contribution >= 4 is 17.4 Å². The number of aryl methyl sites for hydroxylation is 1. The van der Waals surface area contributed by atoms with Crippen LogP contribution in [0.1, 0.15) is 0 Å². The molecule has 0 aliphatic heterocycles. The number of thioether (sulfide) groups is 1. The van der Waals surface area contributed by atoms with E-state index in [1.165, 1.54) is 6.07 Å². The summed E-state index contributed by atoms with van der Waals surface area (Å²) in [4.78, 5) is 14.5. The molecule has 1 heterocycles. The van der Waals surface area contributed by atoms with Crippen LogP contribution in [0, 0.1) is 10.1 Å². The number of hydrogen-bond acceptors (Lipinski definition) is 5. The molecule has 2 aromatic rings. The summed E-state index contributed by atoms with van der Waals surface area (Å²) in [6.45, 7) is 0.391. The van der Waals surface area contributed by atoms with Crippen LogP contribution in [0.3, 0.4) is 0 Å². The van der Waals surface area contributed by atoms with Crippen LogP contribution in [0.5, 0.6) is 5.75 Å². The maximum Gasteiger partial charge on any atom is 0.310 e. The number of benzene rings is 1. The minimum atomic E-state index is -0.443. The zero-order chi connectivity index (χ0) is 13.7. The van der Waals surface area contributed by atoms with Crippen molar-refractivity contribution in [1.82, 2.24) is 9.55 Å². The number of para-hydroxylation sites is 2. The van der Waals surface area contributed by atoms with Crippen molar-refractivity contribution in [2.45, 2.75) is 5.16 Å². The molecule has 0 amide bonds. The highest BCUT2D eigenvalue weighted by Gasteiger charge is 2.13. The van der Waals surface area contributed by atoms with E-state index in [0.29, 0.717) is 18.1 Å². The standard InChI is InChI=1S/C12H13N3O3S/c1-14-7-6-13-12(14)19-9-8-18-11-5-3-2-4-10(11)15(16)17/h2-7H,8-9H2,1H3. The van der Waals surface area contributed by atoms with Gasteiger partial charge in [-0.15, -0.1) is 0 Å². The third kappa shape index (κ3) is 3.47. The summed E-state index contributed by atoms with van der Waals surface area (Å²) in [6.07, 6.45) is 3.59. The SMILES string of the molecule is Cn1ccnc1SCCOc1ccccc1[N+](=O)[O-]. The largest absolute Gasteiger partial charge is 0.486 e.